The van der Waals surface area contributed by atoms with E-state index in [4.69, 9.17) is 5.84 Å². The Labute approximate surface area is 125 Å². The maximum Gasteiger partial charge on any atom is 0.0589 e. The summed E-state index contributed by atoms with van der Waals surface area (Å²) in [6, 6.07) is 9.17. The van der Waals surface area contributed by atoms with Crippen molar-refractivity contribution in [2.45, 2.75) is 43.2 Å². The Morgan fingerprint density at radius 3 is 2.47 bits per heavy atom. The number of rotatable bonds is 5. The van der Waals surface area contributed by atoms with Gasteiger partial charge < -0.3 is 0 Å². The molecular formula is C15H24N2S2. The molecule has 1 aliphatic heterocycles. The molecule has 0 spiro atoms. The van der Waals surface area contributed by atoms with Gasteiger partial charge in [0.15, 0.2) is 0 Å². The van der Waals surface area contributed by atoms with Gasteiger partial charge in [-0.15, -0.1) is 0 Å². The van der Waals surface area contributed by atoms with Gasteiger partial charge in [0.1, 0.15) is 0 Å². The second-order valence-corrected chi connectivity index (χ2v) is 7.53. The van der Waals surface area contributed by atoms with Crippen LogP contribution in [0.2, 0.25) is 0 Å². The summed E-state index contributed by atoms with van der Waals surface area (Å²) in [7, 11) is 0. The lowest BCUT2D eigenvalue weighted by atomic mass is 9.99. The predicted molar refractivity (Wildman–Crippen MR) is 88.7 cm³/mol. The molecule has 2 nitrogen and oxygen atoms in total. The summed E-state index contributed by atoms with van der Waals surface area (Å²) in [5, 5.41) is 1.27. The van der Waals surface area contributed by atoms with Crippen LogP contribution in [-0.4, -0.2) is 22.0 Å². The number of nitrogens with one attached hydrogen (secondary N) is 1. The SMILES string of the molecule is CCc1ccc(C(NN)C2SCCSC2CC)cc1. The third-order valence-corrected chi connectivity index (χ3v) is 7.10. The van der Waals surface area contributed by atoms with Crippen LogP contribution in [0.3, 0.4) is 0 Å². The van der Waals surface area contributed by atoms with Crippen LogP contribution in [0.15, 0.2) is 24.3 Å². The maximum atomic E-state index is 5.85. The van der Waals surface area contributed by atoms with Crippen molar-refractivity contribution in [2.75, 3.05) is 11.5 Å². The van der Waals surface area contributed by atoms with Gasteiger partial charge in [0.05, 0.1) is 6.04 Å². The first-order chi connectivity index (χ1) is 9.30. The fourth-order valence-corrected chi connectivity index (χ4v) is 5.82. The highest BCUT2D eigenvalue weighted by Gasteiger charge is 2.32. The molecule has 3 atom stereocenters. The predicted octanol–water partition coefficient (Wildman–Crippen LogP) is 3.38. The summed E-state index contributed by atoms with van der Waals surface area (Å²) in [5.74, 6) is 8.35. The molecule has 0 radical (unpaired) electrons. The average Bonchev–Trinajstić information content (AvgIpc) is 2.49. The molecule has 1 heterocycles. The zero-order valence-electron chi connectivity index (χ0n) is 11.8. The lowest BCUT2D eigenvalue weighted by Gasteiger charge is -2.35. The summed E-state index contributed by atoms with van der Waals surface area (Å²) in [6.45, 7) is 4.47. The van der Waals surface area contributed by atoms with Crippen molar-refractivity contribution < 1.29 is 0 Å². The monoisotopic (exact) mass is 296 g/mol. The minimum atomic E-state index is 0.258. The largest absolute Gasteiger partial charge is 0.271 e. The van der Waals surface area contributed by atoms with E-state index < -0.39 is 0 Å². The Balaban J connectivity index is 2.17. The molecule has 1 aromatic carbocycles. The molecular weight excluding hydrogens is 272 g/mol. The molecule has 1 fully saturated rings. The van der Waals surface area contributed by atoms with Crippen molar-refractivity contribution in [3.8, 4) is 0 Å². The smallest absolute Gasteiger partial charge is 0.0589 e. The van der Waals surface area contributed by atoms with Crippen molar-refractivity contribution in [1.29, 1.82) is 0 Å². The Kier molecular flexibility index (Phi) is 6.07. The van der Waals surface area contributed by atoms with E-state index in [0.717, 1.165) is 6.42 Å². The normalized spacial score (nSPS) is 25.2. The fourth-order valence-electron chi connectivity index (χ4n) is 2.59. The van der Waals surface area contributed by atoms with E-state index in [2.05, 4.69) is 67.1 Å². The van der Waals surface area contributed by atoms with Crippen LogP contribution in [0.5, 0.6) is 0 Å². The van der Waals surface area contributed by atoms with Crippen LogP contribution in [0.4, 0.5) is 0 Å². The van der Waals surface area contributed by atoms with Crippen molar-refractivity contribution in [1.82, 2.24) is 5.43 Å². The molecule has 0 saturated carbocycles. The molecule has 1 saturated heterocycles. The van der Waals surface area contributed by atoms with Crippen LogP contribution in [-0.2, 0) is 6.42 Å². The van der Waals surface area contributed by atoms with E-state index >= 15 is 0 Å². The number of thioether (sulfide) groups is 2. The number of hydrogen-bond acceptors (Lipinski definition) is 4. The van der Waals surface area contributed by atoms with Gasteiger partial charge in [0.2, 0.25) is 0 Å². The van der Waals surface area contributed by atoms with Crippen molar-refractivity contribution in [3.63, 3.8) is 0 Å². The average molecular weight is 297 g/mol. The molecule has 2 rings (SSSR count). The molecule has 1 aliphatic rings. The lowest BCUT2D eigenvalue weighted by Crippen LogP contribution is -2.41. The Morgan fingerprint density at radius 1 is 1.21 bits per heavy atom. The number of aryl methyl sites for hydroxylation is 1. The molecule has 0 aromatic heterocycles. The zero-order chi connectivity index (χ0) is 13.7. The van der Waals surface area contributed by atoms with E-state index in [1.807, 2.05) is 0 Å². The Bertz CT molecular complexity index is 380. The molecule has 106 valence electrons. The summed E-state index contributed by atoms with van der Waals surface area (Å²) < 4.78 is 0. The van der Waals surface area contributed by atoms with E-state index in [1.165, 1.54) is 29.1 Å². The van der Waals surface area contributed by atoms with Gasteiger partial charge in [0, 0.05) is 22.0 Å². The van der Waals surface area contributed by atoms with Gasteiger partial charge in [0.25, 0.3) is 0 Å². The van der Waals surface area contributed by atoms with Crippen molar-refractivity contribution in [2.24, 2.45) is 5.84 Å². The standard InChI is InChI=1S/C15H24N2S2/c1-3-11-5-7-12(8-6-11)14(17-16)15-13(4-2)18-9-10-19-15/h5-8,13-15,17H,3-4,9-10,16H2,1-2H3. The lowest BCUT2D eigenvalue weighted by molar-refractivity contribution is 0.513. The molecule has 3 unspecified atom stereocenters. The van der Waals surface area contributed by atoms with Crippen molar-refractivity contribution >= 4 is 23.5 Å². The highest BCUT2D eigenvalue weighted by Crippen LogP contribution is 2.39. The van der Waals surface area contributed by atoms with E-state index in [1.54, 1.807) is 0 Å². The highest BCUT2D eigenvalue weighted by atomic mass is 32.2. The van der Waals surface area contributed by atoms with Crippen LogP contribution >= 0.6 is 23.5 Å². The third kappa shape index (κ3) is 3.69. The Hall–Kier alpha value is -0.160. The van der Waals surface area contributed by atoms with Crippen molar-refractivity contribution in [3.05, 3.63) is 35.4 Å². The molecule has 4 heteroatoms. The quantitative estimate of drug-likeness (QED) is 0.645. The summed E-state index contributed by atoms with van der Waals surface area (Å²) in [5.41, 5.74) is 5.76. The first kappa shape index (κ1) is 15.2. The minimum Gasteiger partial charge on any atom is -0.271 e. The second kappa shape index (κ2) is 7.58. The summed E-state index contributed by atoms with van der Waals surface area (Å²) in [6.07, 6.45) is 2.31. The molecule has 19 heavy (non-hydrogen) atoms. The molecule has 0 aliphatic carbocycles. The summed E-state index contributed by atoms with van der Waals surface area (Å²) in [4.78, 5) is 0. The highest BCUT2D eigenvalue weighted by molar-refractivity contribution is 8.07. The van der Waals surface area contributed by atoms with Gasteiger partial charge in [-0.3, -0.25) is 11.3 Å². The molecule has 3 N–H and O–H groups in total. The zero-order valence-corrected chi connectivity index (χ0v) is 13.4. The topological polar surface area (TPSA) is 38.0 Å². The van der Waals surface area contributed by atoms with Crippen LogP contribution in [0.25, 0.3) is 0 Å². The molecule has 0 amide bonds. The van der Waals surface area contributed by atoms with Gasteiger partial charge in [-0.1, -0.05) is 38.1 Å². The van der Waals surface area contributed by atoms with Crippen LogP contribution in [0.1, 0.15) is 37.4 Å². The van der Waals surface area contributed by atoms with Crippen LogP contribution in [0, 0.1) is 0 Å². The molecule has 0 bridgehead atoms. The number of nitrogens with two attached hydrogens (primary N) is 1. The van der Waals surface area contributed by atoms with Gasteiger partial charge >= 0.3 is 0 Å². The summed E-state index contributed by atoms with van der Waals surface area (Å²) >= 11 is 4.17. The molecule has 1 aromatic rings. The Morgan fingerprint density at radius 2 is 1.89 bits per heavy atom. The number of benzene rings is 1. The minimum absolute atomic E-state index is 0.258. The first-order valence-corrected chi connectivity index (χ1v) is 9.18. The first-order valence-electron chi connectivity index (χ1n) is 7.08. The third-order valence-electron chi connectivity index (χ3n) is 3.75. The van der Waals surface area contributed by atoms with E-state index in [-0.39, 0.29) is 6.04 Å². The fraction of sp³-hybridized carbons (Fsp3) is 0.600. The van der Waals surface area contributed by atoms with E-state index in [0.29, 0.717) is 10.5 Å². The number of hydrogen-bond donors (Lipinski definition) is 2. The van der Waals surface area contributed by atoms with E-state index in [9.17, 15) is 0 Å². The second-order valence-electron chi connectivity index (χ2n) is 4.89. The number of hydrazine groups is 1. The van der Waals surface area contributed by atoms with Gasteiger partial charge in [-0.25, -0.2) is 0 Å². The van der Waals surface area contributed by atoms with Gasteiger partial charge in [-0.05, 0) is 24.0 Å². The maximum absolute atomic E-state index is 5.85. The van der Waals surface area contributed by atoms with Crippen LogP contribution < -0.4 is 11.3 Å². The van der Waals surface area contributed by atoms with Gasteiger partial charge in [-0.2, -0.15) is 23.5 Å².